The topological polar surface area (TPSA) is 78.9 Å². The molecule has 2 amide bonds. The molecular formula is C12H20N2O4. The lowest BCUT2D eigenvalue weighted by Crippen LogP contribution is -2.44. The van der Waals surface area contributed by atoms with Crippen LogP contribution in [0.4, 0.5) is 4.79 Å². The fourth-order valence-corrected chi connectivity index (χ4v) is 1.61. The van der Waals surface area contributed by atoms with Gasteiger partial charge in [0.15, 0.2) is 0 Å². The van der Waals surface area contributed by atoms with Gasteiger partial charge in [-0.15, -0.1) is 6.58 Å². The summed E-state index contributed by atoms with van der Waals surface area (Å²) < 4.78 is 4.91. The molecule has 2 N–H and O–H groups in total. The van der Waals surface area contributed by atoms with E-state index < -0.39 is 11.4 Å². The zero-order chi connectivity index (χ0) is 13.6. The van der Waals surface area contributed by atoms with E-state index in [0.29, 0.717) is 32.5 Å². The summed E-state index contributed by atoms with van der Waals surface area (Å²) >= 11 is 0. The van der Waals surface area contributed by atoms with E-state index in [9.17, 15) is 9.59 Å². The van der Waals surface area contributed by atoms with Gasteiger partial charge in [0.1, 0.15) is 0 Å². The summed E-state index contributed by atoms with van der Waals surface area (Å²) in [7, 11) is 1.56. The summed E-state index contributed by atoms with van der Waals surface area (Å²) in [5, 5.41) is 11.7. The van der Waals surface area contributed by atoms with Crippen molar-refractivity contribution in [2.45, 2.75) is 12.8 Å². The zero-order valence-corrected chi connectivity index (χ0v) is 10.6. The average Bonchev–Trinajstić information content (AvgIpc) is 3.12. The summed E-state index contributed by atoms with van der Waals surface area (Å²) in [6.45, 7) is 5.07. The first-order chi connectivity index (χ1) is 8.55. The molecule has 0 aromatic heterocycles. The summed E-state index contributed by atoms with van der Waals surface area (Å²) in [4.78, 5) is 24.4. The number of hydrogen-bond acceptors (Lipinski definition) is 3. The molecule has 0 saturated heterocycles. The van der Waals surface area contributed by atoms with Gasteiger partial charge in [0.2, 0.25) is 0 Å². The van der Waals surface area contributed by atoms with Gasteiger partial charge in [-0.25, -0.2) is 4.79 Å². The van der Waals surface area contributed by atoms with E-state index in [4.69, 9.17) is 9.84 Å². The van der Waals surface area contributed by atoms with E-state index in [1.54, 1.807) is 13.2 Å². The third-order valence-corrected chi connectivity index (χ3v) is 3.09. The van der Waals surface area contributed by atoms with Crippen LogP contribution in [0.5, 0.6) is 0 Å². The Morgan fingerprint density at radius 3 is 2.67 bits per heavy atom. The molecule has 1 rings (SSSR count). The Labute approximate surface area is 107 Å². The van der Waals surface area contributed by atoms with Crippen molar-refractivity contribution >= 4 is 12.0 Å². The third kappa shape index (κ3) is 3.73. The highest BCUT2D eigenvalue weighted by Crippen LogP contribution is 2.45. The quantitative estimate of drug-likeness (QED) is 0.626. The first-order valence-corrected chi connectivity index (χ1v) is 5.92. The van der Waals surface area contributed by atoms with E-state index in [1.165, 1.54) is 4.90 Å². The molecule has 0 aromatic carbocycles. The van der Waals surface area contributed by atoms with E-state index >= 15 is 0 Å². The number of nitrogens with one attached hydrogen (secondary N) is 1. The number of amides is 2. The second kappa shape index (κ2) is 6.39. The van der Waals surface area contributed by atoms with E-state index in [2.05, 4.69) is 11.9 Å². The van der Waals surface area contributed by atoms with Crippen molar-refractivity contribution in [2.75, 3.05) is 33.4 Å². The number of carboxylic acids is 1. The third-order valence-electron chi connectivity index (χ3n) is 3.09. The fraction of sp³-hybridized carbons (Fsp3) is 0.667. The smallest absolute Gasteiger partial charge is 0.317 e. The number of carbonyl (C=O) groups is 2. The molecule has 102 valence electrons. The molecule has 0 aromatic rings. The molecule has 6 heteroatoms. The van der Waals surface area contributed by atoms with E-state index in [1.807, 2.05) is 0 Å². The number of rotatable bonds is 8. The largest absolute Gasteiger partial charge is 0.481 e. The van der Waals surface area contributed by atoms with Crippen molar-refractivity contribution in [1.29, 1.82) is 0 Å². The van der Waals surface area contributed by atoms with Gasteiger partial charge in [-0.3, -0.25) is 4.79 Å². The molecule has 0 heterocycles. The average molecular weight is 256 g/mol. The Bertz CT molecular complexity index is 326. The molecule has 1 fully saturated rings. The molecule has 1 saturated carbocycles. The molecule has 0 atom stereocenters. The highest BCUT2D eigenvalue weighted by Gasteiger charge is 2.50. The van der Waals surface area contributed by atoms with E-state index in [-0.39, 0.29) is 12.6 Å². The summed E-state index contributed by atoms with van der Waals surface area (Å²) in [5.74, 6) is -0.838. The number of nitrogens with zero attached hydrogens (tertiary/aromatic N) is 1. The summed E-state index contributed by atoms with van der Waals surface area (Å²) in [6, 6.07) is -0.278. The van der Waals surface area contributed by atoms with Crippen LogP contribution in [0, 0.1) is 5.41 Å². The van der Waals surface area contributed by atoms with Crippen LogP contribution in [0.25, 0.3) is 0 Å². The first kappa shape index (κ1) is 14.5. The van der Waals surface area contributed by atoms with Crippen LogP contribution in [0.1, 0.15) is 12.8 Å². The van der Waals surface area contributed by atoms with Crippen LogP contribution in [0.3, 0.4) is 0 Å². The van der Waals surface area contributed by atoms with Crippen LogP contribution in [-0.2, 0) is 9.53 Å². The molecule has 0 spiro atoms. The number of carbonyl (C=O) groups excluding carboxylic acids is 1. The van der Waals surface area contributed by atoms with Crippen LogP contribution in [0.15, 0.2) is 12.7 Å². The minimum absolute atomic E-state index is 0.182. The van der Waals surface area contributed by atoms with E-state index in [0.717, 1.165) is 0 Å². The van der Waals surface area contributed by atoms with Crippen LogP contribution in [-0.4, -0.2) is 55.4 Å². The minimum Gasteiger partial charge on any atom is -0.481 e. The number of methoxy groups -OCH3 is 1. The highest BCUT2D eigenvalue weighted by atomic mass is 16.5. The molecular weight excluding hydrogens is 236 g/mol. The maximum Gasteiger partial charge on any atom is 0.317 e. The van der Waals surface area contributed by atoms with Gasteiger partial charge in [-0.05, 0) is 12.8 Å². The second-order valence-electron chi connectivity index (χ2n) is 4.47. The summed E-state index contributed by atoms with van der Waals surface area (Å²) in [6.07, 6.45) is 2.88. The molecule has 0 radical (unpaired) electrons. The Morgan fingerprint density at radius 1 is 1.56 bits per heavy atom. The number of urea groups is 1. The fourth-order valence-electron chi connectivity index (χ4n) is 1.61. The van der Waals surface area contributed by atoms with Gasteiger partial charge in [0.05, 0.1) is 12.0 Å². The van der Waals surface area contributed by atoms with Crippen molar-refractivity contribution in [3.05, 3.63) is 12.7 Å². The first-order valence-electron chi connectivity index (χ1n) is 5.92. The molecule has 18 heavy (non-hydrogen) atoms. The number of aliphatic carboxylic acids is 1. The molecule has 0 bridgehead atoms. The Morgan fingerprint density at radius 2 is 2.22 bits per heavy atom. The van der Waals surface area contributed by atoms with Gasteiger partial charge in [0.25, 0.3) is 0 Å². The predicted octanol–water partition coefficient (Wildman–Crippen LogP) is 0.695. The minimum atomic E-state index is -0.838. The Balaban J connectivity index is 2.41. The maximum atomic E-state index is 11.9. The number of carboxylic acid groups (broad SMARTS) is 1. The lowest BCUT2D eigenvalue weighted by atomic mass is 10.1. The molecule has 1 aliphatic rings. The van der Waals surface area contributed by atoms with Crippen molar-refractivity contribution in [3.8, 4) is 0 Å². The number of ether oxygens (including phenoxy) is 1. The Kier molecular flexibility index (Phi) is 5.15. The SMILES string of the molecule is C=CCN(CCOC)C(=O)NCC1(C(=O)O)CC1. The van der Waals surface area contributed by atoms with Gasteiger partial charge in [0, 0.05) is 26.7 Å². The molecule has 0 unspecified atom stereocenters. The number of hydrogen-bond donors (Lipinski definition) is 2. The standard InChI is InChI=1S/C12H20N2O4/c1-3-6-14(7-8-18-2)11(17)13-9-12(4-5-12)10(15)16/h3H,1,4-9H2,2H3,(H,13,17)(H,15,16). The van der Waals surface area contributed by atoms with Crippen LogP contribution >= 0.6 is 0 Å². The van der Waals surface area contributed by atoms with Gasteiger partial charge in [-0.2, -0.15) is 0 Å². The molecule has 1 aliphatic carbocycles. The van der Waals surface area contributed by atoms with Crippen molar-refractivity contribution in [2.24, 2.45) is 5.41 Å². The predicted molar refractivity (Wildman–Crippen MR) is 66.3 cm³/mol. The second-order valence-corrected chi connectivity index (χ2v) is 4.47. The monoisotopic (exact) mass is 256 g/mol. The van der Waals surface area contributed by atoms with Crippen molar-refractivity contribution in [1.82, 2.24) is 10.2 Å². The molecule has 0 aliphatic heterocycles. The highest BCUT2D eigenvalue weighted by molar-refractivity contribution is 5.80. The van der Waals surface area contributed by atoms with Crippen molar-refractivity contribution in [3.63, 3.8) is 0 Å². The normalized spacial score (nSPS) is 15.8. The van der Waals surface area contributed by atoms with Gasteiger partial charge in [-0.1, -0.05) is 6.08 Å². The maximum absolute atomic E-state index is 11.9. The van der Waals surface area contributed by atoms with Crippen LogP contribution < -0.4 is 5.32 Å². The van der Waals surface area contributed by atoms with Crippen LogP contribution in [0.2, 0.25) is 0 Å². The molecule has 6 nitrogen and oxygen atoms in total. The lowest BCUT2D eigenvalue weighted by Gasteiger charge is -2.22. The van der Waals surface area contributed by atoms with Crippen molar-refractivity contribution < 1.29 is 19.4 Å². The van der Waals surface area contributed by atoms with Gasteiger partial charge >= 0.3 is 12.0 Å². The summed E-state index contributed by atoms with van der Waals surface area (Å²) in [5.41, 5.74) is -0.739. The lowest BCUT2D eigenvalue weighted by molar-refractivity contribution is -0.143. The zero-order valence-electron chi connectivity index (χ0n) is 10.6. The Hall–Kier alpha value is -1.56. The van der Waals surface area contributed by atoms with Gasteiger partial charge < -0.3 is 20.1 Å².